The lowest BCUT2D eigenvalue weighted by atomic mass is 9.80. The van der Waals surface area contributed by atoms with Crippen molar-refractivity contribution in [2.24, 2.45) is 5.92 Å². The highest BCUT2D eigenvalue weighted by molar-refractivity contribution is 6.44. The number of carbonyl (C=O) groups excluding carboxylic acids is 1. The molecule has 0 fully saturated rings. The van der Waals surface area contributed by atoms with Crippen molar-refractivity contribution in [1.29, 1.82) is 0 Å². The fourth-order valence-electron chi connectivity index (χ4n) is 6.19. The highest BCUT2D eigenvalue weighted by Crippen LogP contribution is 2.44. The quantitative estimate of drug-likeness (QED) is 0.0969. The molecular weight excluding hydrogens is 550 g/mol. The number of rotatable bonds is 8. The first kappa shape index (κ1) is 28.8. The van der Waals surface area contributed by atoms with E-state index in [-0.39, 0.29) is 28.8 Å². The van der Waals surface area contributed by atoms with Crippen LogP contribution in [-0.2, 0) is 4.79 Å². The third kappa shape index (κ3) is 5.11. The Hall–Kier alpha value is -5.30. The predicted octanol–water partition coefficient (Wildman–Crippen LogP) is 8.70. The van der Waals surface area contributed by atoms with Gasteiger partial charge in [-0.1, -0.05) is 55.8 Å². The summed E-state index contributed by atoms with van der Waals surface area (Å²) in [6, 6.07) is 30.5. The smallest absolute Gasteiger partial charge is 0.269 e. The molecule has 0 amide bonds. The Morgan fingerprint density at radius 2 is 1.45 bits per heavy atom. The molecule has 1 heterocycles. The molecule has 0 saturated carbocycles. The van der Waals surface area contributed by atoms with Crippen molar-refractivity contribution >= 4 is 51.6 Å². The Morgan fingerprint density at radius 3 is 2.05 bits per heavy atom. The molecule has 4 aromatic carbocycles. The van der Waals surface area contributed by atoms with E-state index in [1.54, 1.807) is 12.1 Å². The number of aliphatic hydroxyl groups is 1. The summed E-state index contributed by atoms with van der Waals surface area (Å²) in [5, 5.41) is 22.4. The van der Waals surface area contributed by atoms with Gasteiger partial charge in [-0.25, -0.2) is 0 Å². The van der Waals surface area contributed by atoms with E-state index in [0.717, 1.165) is 34.7 Å². The molecule has 0 radical (unpaired) electrons. The third-order valence-electron chi connectivity index (χ3n) is 8.25. The van der Waals surface area contributed by atoms with Gasteiger partial charge in [0.05, 0.1) is 27.2 Å². The maximum absolute atomic E-state index is 13.6. The number of hydrogen-bond acceptors (Lipinski definition) is 5. The predicted molar refractivity (Wildman–Crippen MR) is 177 cm³/mol. The van der Waals surface area contributed by atoms with E-state index in [9.17, 15) is 20.0 Å². The molecule has 0 bridgehead atoms. The molecule has 6 rings (SSSR count). The number of anilines is 2. The van der Waals surface area contributed by atoms with Crippen LogP contribution in [0.3, 0.4) is 0 Å². The molecular formula is C37H34N3O4+. The first-order chi connectivity index (χ1) is 21.1. The molecule has 44 heavy (non-hydrogen) atoms. The monoisotopic (exact) mass is 584 g/mol. The summed E-state index contributed by atoms with van der Waals surface area (Å²) in [7, 11) is 0. The van der Waals surface area contributed by atoms with Gasteiger partial charge >= 0.3 is 0 Å². The van der Waals surface area contributed by atoms with E-state index in [4.69, 9.17) is 0 Å². The number of Topliss-reactive ketones (excluding diaryl/α,β-unsaturated/α-hetero) is 1. The standard InChI is InChI=1S/C37H33N3O4/c1-23(2)21-25(4)39(28-13-9-24(3)10-14-28)29-15-11-26(12-16-29)34-36(41)35(37(34)42)32-22-38(33-8-6-5-7-31(32)33)27-17-19-30(20-18-27)40(43)44/h5-20,22-23,25H,21H2,1-4H3/p+1. The molecule has 1 aliphatic carbocycles. The van der Waals surface area contributed by atoms with Crippen LogP contribution in [-0.4, -0.2) is 28.1 Å². The molecule has 7 nitrogen and oxygen atoms in total. The molecule has 7 heteroatoms. The van der Waals surface area contributed by atoms with Gasteiger partial charge < -0.3 is 10.0 Å². The van der Waals surface area contributed by atoms with Gasteiger partial charge in [0.1, 0.15) is 5.76 Å². The van der Waals surface area contributed by atoms with Crippen molar-refractivity contribution in [2.45, 2.75) is 40.2 Å². The third-order valence-corrected chi connectivity index (χ3v) is 8.25. The molecule has 0 aromatic heterocycles. The van der Waals surface area contributed by atoms with Gasteiger partial charge in [0, 0.05) is 47.7 Å². The minimum Gasteiger partial charge on any atom is -0.506 e. The summed E-state index contributed by atoms with van der Waals surface area (Å²) < 4.78 is 1.88. The van der Waals surface area contributed by atoms with Gasteiger partial charge in [-0.05, 0) is 62.1 Å². The van der Waals surface area contributed by atoms with Crippen LogP contribution in [0.4, 0.5) is 28.4 Å². The Kier molecular flexibility index (Phi) is 7.47. The summed E-state index contributed by atoms with van der Waals surface area (Å²) in [5.41, 5.74) is 7.55. The summed E-state index contributed by atoms with van der Waals surface area (Å²) in [5.74, 6) is 0.288. The first-order valence-electron chi connectivity index (χ1n) is 14.8. The molecule has 220 valence electrons. The maximum atomic E-state index is 13.6. The zero-order chi connectivity index (χ0) is 31.1. The van der Waals surface area contributed by atoms with Crippen LogP contribution in [0.15, 0.2) is 108 Å². The summed E-state index contributed by atoms with van der Waals surface area (Å²) >= 11 is 0. The van der Waals surface area contributed by atoms with Crippen LogP contribution >= 0.6 is 0 Å². The molecule has 1 atom stereocenters. The Labute approximate surface area is 256 Å². The topological polar surface area (TPSA) is 86.7 Å². The van der Waals surface area contributed by atoms with Crippen molar-refractivity contribution < 1.29 is 14.8 Å². The van der Waals surface area contributed by atoms with E-state index >= 15 is 0 Å². The number of allylic oxidation sites excluding steroid dienone is 3. The van der Waals surface area contributed by atoms with Gasteiger partial charge in [-0.2, -0.15) is 4.58 Å². The number of non-ortho nitro benzene ring substituents is 1. The van der Waals surface area contributed by atoms with Gasteiger partial charge in [0.2, 0.25) is 17.2 Å². The number of fused-ring (bicyclic) bond motifs is 1. The highest BCUT2D eigenvalue weighted by atomic mass is 16.6. The van der Waals surface area contributed by atoms with Crippen LogP contribution in [0.25, 0.3) is 11.1 Å². The molecule has 0 saturated heterocycles. The van der Waals surface area contributed by atoms with E-state index in [1.807, 2.05) is 59.3 Å². The number of nitrogens with zero attached hydrogens (tertiary/aromatic N) is 3. The summed E-state index contributed by atoms with van der Waals surface area (Å²) in [4.78, 5) is 26.7. The number of nitro benzene ring substituents is 1. The van der Waals surface area contributed by atoms with Crippen molar-refractivity contribution in [1.82, 2.24) is 4.58 Å². The fourth-order valence-corrected chi connectivity index (χ4v) is 6.19. The van der Waals surface area contributed by atoms with Crippen molar-refractivity contribution in [3.05, 3.63) is 135 Å². The Morgan fingerprint density at radius 1 is 0.841 bits per heavy atom. The van der Waals surface area contributed by atoms with E-state index in [0.29, 0.717) is 22.6 Å². The van der Waals surface area contributed by atoms with Crippen molar-refractivity contribution in [3.8, 4) is 0 Å². The van der Waals surface area contributed by atoms with Gasteiger partial charge in [0.15, 0.2) is 6.21 Å². The normalized spacial score (nSPS) is 16.5. The van der Waals surface area contributed by atoms with E-state index < -0.39 is 4.92 Å². The van der Waals surface area contributed by atoms with E-state index in [1.165, 1.54) is 17.7 Å². The summed E-state index contributed by atoms with van der Waals surface area (Å²) in [6.45, 7) is 8.75. The lowest BCUT2D eigenvalue weighted by Crippen LogP contribution is -2.29. The number of aliphatic hydroxyl groups excluding tert-OH is 1. The minimum absolute atomic E-state index is 0.00147. The Balaban J connectivity index is 1.36. The number of nitro groups is 1. The SMILES string of the molecule is Cc1ccc(N(c2ccc(C3=C(O)/C(=C4/C=[N+](c5ccc([N+](=O)[O-])cc5)c5ccccc54)C3=O)cc2)C(C)CC(C)C)cc1. The largest absolute Gasteiger partial charge is 0.506 e. The Bertz CT molecular complexity index is 1870. The van der Waals surface area contributed by atoms with Crippen molar-refractivity contribution in [2.75, 3.05) is 4.90 Å². The van der Waals surface area contributed by atoms with Crippen LogP contribution in [0, 0.1) is 23.0 Å². The molecule has 4 aromatic rings. The number of aryl methyl sites for hydroxylation is 1. The van der Waals surface area contributed by atoms with Crippen LogP contribution in [0.5, 0.6) is 0 Å². The number of ketones is 1. The maximum Gasteiger partial charge on any atom is 0.269 e. The molecule has 0 spiro atoms. The second-order valence-electron chi connectivity index (χ2n) is 11.9. The van der Waals surface area contributed by atoms with E-state index in [2.05, 4.69) is 56.9 Å². The summed E-state index contributed by atoms with van der Waals surface area (Å²) in [6.07, 6.45) is 2.83. The van der Waals surface area contributed by atoms with Crippen LogP contribution in [0.2, 0.25) is 0 Å². The molecule has 1 N–H and O–H groups in total. The van der Waals surface area contributed by atoms with Gasteiger partial charge in [-0.15, -0.1) is 0 Å². The fraction of sp³-hybridized carbons (Fsp3) is 0.189. The highest BCUT2D eigenvalue weighted by Gasteiger charge is 2.41. The first-order valence-corrected chi connectivity index (χ1v) is 14.8. The zero-order valence-corrected chi connectivity index (χ0v) is 25.2. The van der Waals surface area contributed by atoms with Crippen LogP contribution < -0.4 is 9.48 Å². The number of para-hydroxylation sites is 1. The second kappa shape index (κ2) is 11.4. The lowest BCUT2D eigenvalue weighted by molar-refractivity contribution is -0.384. The second-order valence-corrected chi connectivity index (χ2v) is 11.9. The van der Waals surface area contributed by atoms with Gasteiger partial charge in [-0.3, -0.25) is 14.9 Å². The van der Waals surface area contributed by atoms with Gasteiger partial charge in [0.25, 0.3) is 5.69 Å². The molecule has 2 aliphatic rings. The minimum atomic E-state index is -0.435. The lowest BCUT2D eigenvalue weighted by Gasteiger charge is -2.33. The molecule has 1 unspecified atom stereocenters. The molecule has 1 aliphatic heterocycles. The number of benzene rings is 4. The van der Waals surface area contributed by atoms with Crippen LogP contribution in [0.1, 0.15) is 43.9 Å². The zero-order valence-electron chi connectivity index (χ0n) is 25.2. The average molecular weight is 585 g/mol. The number of hydrogen-bond donors (Lipinski definition) is 1. The average Bonchev–Trinajstić information content (AvgIpc) is 3.37. The van der Waals surface area contributed by atoms with Crippen molar-refractivity contribution in [3.63, 3.8) is 0 Å². The number of carbonyl (C=O) groups is 1.